The summed E-state index contributed by atoms with van der Waals surface area (Å²) in [6.07, 6.45) is 0. The summed E-state index contributed by atoms with van der Waals surface area (Å²) in [5, 5.41) is 6.70. The number of hydrogen-bond acceptors (Lipinski definition) is 4. The van der Waals surface area contributed by atoms with Gasteiger partial charge in [-0.05, 0) is 99.9 Å². The van der Waals surface area contributed by atoms with E-state index in [2.05, 4.69) is 138 Å². The Bertz CT molecular complexity index is 3370. The molecule has 2 aliphatic rings. The van der Waals surface area contributed by atoms with E-state index in [1.807, 2.05) is 24.3 Å². The first-order chi connectivity index (χ1) is 26.3. The van der Waals surface area contributed by atoms with Gasteiger partial charge in [0.05, 0.1) is 0 Å². The topological polar surface area (TPSA) is 42.7 Å². The minimum Gasteiger partial charge on any atom is -0.456 e. The van der Waals surface area contributed by atoms with Gasteiger partial charge in [0.15, 0.2) is 0 Å². The van der Waals surface area contributed by atoms with Crippen LogP contribution in [0.2, 0.25) is 0 Å². The van der Waals surface area contributed by atoms with E-state index < -0.39 is 0 Å². The predicted molar refractivity (Wildman–Crippen MR) is 218 cm³/mol. The summed E-state index contributed by atoms with van der Waals surface area (Å²) >= 11 is 0. The van der Waals surface area contributed by atoms with E-state index in [9.17, 15) is 0 Å². The number of furan rings is 3. The highest BCUT2D eigenvalue weighted by atomic mass is 16.3. The van der Waals surface area contributed by atoms with Crippen LogP contribution in [0, 0.1) is 0 Å². The minimum absolute atomic E-state index is 0.0291. The van der Waals surface area contributed by atoms with Crippen LogP contribution in [0.25, 0.3) is 88.1 Å². The Labute approximate surface area is 303 Å². The average Bonchev–Trinajstić information content (AvgIpc) is 3.96. The number of para-hydroxylation sites is 3. The molecule has 0 atom stereocenters. The molecular formula is C48H26BNO3. The van der Waals surface area contributed by atoms with Gasteiger partial charge >= 0.3 is 0 Å². The van der Waals surface area contributed by atoms with Gasteiger partial charge < -0.3 is 18.2 Å². The molecule has 5 heteroatoms. The molecule has 3 aromatic heterocycles. The third kappa shape index (κ3) is 3.61. The van der Waals surface area contributed by atoms with Crippen LogP contribution >= 0.6 is 0 Å². The van der Waals surface area contributed by atoms with Crippen LogP contribution in [-0.2, 0) is 0 Å². The predicted octanol–water partition coefficient (Wildman–Crippen LogP) is 11.3. The Morgan fingerprint density at radius 1 is 0.377 bits per heavy atom. The Balaban J connectivity index is 1.18. The molecule has 0 bridgehead atoms. The van der Waals surface area contributed by atoms with Crippen molar-refractivity contribution in [2.45, 2.75) is 0 Å². The molecule has 0 aliphatic carbocycles. The van der Waals surface area contributed by atoms with Gasteiger partial charge in [-0.1, -0.05) is 96.5 Å². The Morgan fingerprint density at radius 2 is 0.943 bits per heavy atom. The Kier molecular flexibility index (Phi) is 5.16. The van der Waals surface area contributed by atoms with E-state index in [1.165, 1.54) is 44.3 Å². The molecule has 4 nitrogen and oxygen atoms in total. The molecular weight excluding hydrogens is 649 g/mol. The zero-order valence-electron chi connectivity index (χ0n) is 28.3. The first-order valence-electron chi connectivity index (χ1n) is 18.1. The average molecular weight is 676 g/mol. The lowest BCUT2D eigenvalue weighted by atomic mass is 9.37. The third-order valence-electron chi connectivity index (χ3n) is 11.7. The molecule has 0 spiro atoms. The SMILES string of the molecule is c1ccc(-c2ccc3c4c2-c2cc5c(cc2B4c2cc4oc6ccccc6c4cc2N3c2ccc3oc4ccccc4c3c2)oc2ccccc25)cc1. The molecule has 0 saturated heterocycles. The van der Waals surface area contributed by atoms with Crippen molar-refractivity contribution in [1.29, 1.82) is 0 Å². The van der Waals surface area contributed by atoms with Crippen molar-refractivity contribution in [3.05, 3.63) is 158 Å². The van der Waals surface area contributed by atoms with Gasteiger partial charge in [0.2, 0.25) is 6.71 Å². The van der Waals surface area contributed by atoms with Gasteiger partial charge in [0, 0.05) is 49.4 Å². The fourth-order valence-electron chi connectivity index (χ4n) is 9.43. The van der Waals surface area contributed by atoms with Gasteiger partial charge in [0.1, 0.15) is 33.5 Å². The monoisotopic (exact) mass is 675 g/mol. The van der Waals surface area contributed by atoms with Crippen molar-refractivity contribution in [2.24, 2.45) is 0 Å². The van der Waals surface area contributed by atoms with Crippen molar-refractivity contribution in [1.82, 2.24) is 0 Å². The van der Waals surface area contributed by atoms with Gasteiger partial charge in [-0.15, -0.1) is 0 Å². The summed E-state index contributed by atoms with van der Waals surface area (Å²) < 4.78 is 19.4. The van der Waals surface area contributed by atoms with Crippen LogP contribution < -0.4 is 21.3 Å². The first kappa shape index (κ1) is 27.7. The van der Waals surface area contributed by atoms with Gasteiger partial charge in [-0.25, -0.2) is 0 Å². The summed E-state index contributed by atoms with van der Waals surface area (Å²) in [6.45, 7) is -0.0291. The quantitative estimate of drug-likeness (QED) is 0.171. The molecule has 0 N–H and O–H groups in total. The molecule has 53 heavy (non-hydrogen) atoms. The van der Waals surface area contributed by atoms with Crippen molar-refractivity contribution in [3.63, 3.8) is 0 Å². The van der Waals surface area contributed by atoms with Crippen LogP contribution in [0.5, 0.6) is 0 Å². The molecule has 244 valence electrons. The van der Waals surface area contributed by atoms with Crippen molar-refractivity contribution < 1.29 is 13.3 Å². The number of anilines is 3. The highest BCUT2D eigenvalue weighted by Crippen LogP contribution is 2.47. The van der Waals surface area contributed by atoms with E-state index in [-0.39, 0.29) is 6.71 Å². The number of benzene rings is 8. The molecule has 0 amide bonds. The number of rotatable bonds is 2. The third-order valence-corrected chi connectivity index (χ3v) is 11.7. The van der Waals surface area contributed by atoms with E-state index in [0.717, 1.165) is 77.2 Å². The summed E-state index contributed by atoms with van der Waals surface area (Å²) in [4.78, 5) is 2.47. The highest BCUT2D eigenvalue weighted by Gasteiger charge is 2.44. The van der Waals surface area contributed by atoms with E-state index >= 15 is 0 Å². The molecule has 8 aromatic carbocycles. The maximum Gasteiger partial charge on any atom is 0.248 e. The largest absolute Gasteiger partial charge is 0.456 e. The second-order valence-corrected chi connectivity index (χ2v) is 14.4. The summed E-state index contributed by atoms with van der Waals surface area (Å²) in [5.74, 6) is 0. The molecule has 11 aromatic rings. The number of fused-ring (bicyclic) bond motifs is 14. The normalized spacial score (nSPS) is 13.2. The van der Waals surface area contributed by atoms with Crippen LogP contribution in [0.15, 0.2) is 171 Å². The fourth-order valence-corrected chi connectivity index (χ4v) is 9.43. The maximum absolute atomic E-state index is 6.59. The van der Waals surface area contributed by atoms with E-state index in [1.54, 1.807) is 0 Å². The van der Waals surface area contributed by atoms with Crippen LogP contribution in [0.4, 0.5) is 17.1 Å². The molecule has 0 saturated carbocycles. The molecule has 0 radical (unpaired) electrons. The molecule has 5 heterocycles. The summed E-state index contributed by atoms with van der Waals surface area (Å²) in [5.41, 5.74) is 17.5. The standard InChI is InChI=1S/C48H26BNO3/c1-2-10-27(11-3-1)29-19-20-39-48-47(29)36-23-34-31-13-5-8-16-42(31)52-45(34)25-37(36)49(48)38-26-46-35(32-14-6-9-17-43(32)53-46)24-40(38)50(39)28-18-21-44-33(22-28)30-12-4-7-15-41(30)51-44/h1-26H. The molecule has 0 fully saturated rings. The van der Waals surface area contributed by atoms with Crippen molar-refractivity contribution in [3.8, 4) is 22.3 Å². The smallest absolute Gasteiger partial charge is 0.248 e. The zero-order valence-corrected chi connectivity index (χ0v) is 28.3. The van der Waals surface area contributed by atoms with Gasteiger partial charge in [-0.2, -0.15) is 0 Å². The number of hydrogen-bond donors (Lipinski definition) is 0. The lowest BCUT2D eigenvalue weighted by Crippen LogP contribution is -2.54. The van der Waals surface area contributed by atoms with Crippen LogP contribution in [0.3, 0.4) is 0 Å². The molecule has 13 rings (SSSR count). The molecule has 0 unspecified atom stereocenters. The minimum atomic E-state index is -0.0291. The fraction of sp³-hybridized carbons (Fsp3) is 0. The van der Waals surface area contributed by atoms with Crippen LogP contribution in [0.1, 0.15) is 0 Å². The second-order valence-electron chi connectivity index (χ2n) is 14.4. The van der Waals surface area contributed by atoms with Gasteiger partial charge in [0.25, 0.3) is 0 Å². The van der Waals surface area contributed by atoms with Gasteiger partial charge in [-0.3, -0.25) is 0 Å². The van der Waals surface area contributed by atoms with E-state index in [4.69, 9.17) is 13.3 Å². The lowest BCUT2D eigenvalue weighted by Gasteiger charge is -2.36. The summed E-state index contributed by atoms with van der Waals surface area (Å²) in [6, 6.07) is 56.4. The first-order valence-corrected chi connectivity index (χ1v) is 18.1. The maximum atomic E-state index is 6.59. The second kappa shape index (κ2) is 9.87. The highest BCUT2D eigenvalue weighted by molar-refractivity contribution is 7.01. The number of nitrogens with zero attached hydrogens (tertiary/aromatic N) is 1. The molecule has 2 aliphatic heterocycles. The Morgan fingerprint density at radius 3 is 1.64 bits per heavy atom. The van der Waals surface area contributed by atoms with Crippen molar-refractivity contribution >= 4 is 106 Å². The summed E-state index contributed by atoms with van der Waals surface area (Å²) in [7, 11) is 0. The zero-order chi connectivity index (χ0) is 34.4. The van der Waals surface area contributed by atoms with Crippen molar-refractivity contribution in [2.75, 3.05) is 4.90 Å². The van der Waals surface area contributed by atoms with Crippen LogP contribution in [-0.4, -0.2) is 6.71 Å². The Hall–Kier alpha value is -6.98. The lowest BCUT2D eigenvalue weighted by molar-refractivity contribution is 0.668. The van der Waals surface area contributed by atoms with E-state index in [0.29, 0.717) is 0 Å².